The van der Waals surface area contributed by atoms with Crippen LogP contribution in [0.3, 0.4) is 0 Å². The van der Waals surface area contributed by atoms with Crippen molar-refractivity contribution in [3.8, 4) is 11.5 Å². The highest BCUT2D eigenvalue weighted by atomic mass is 16.5. The average molecular weight is 460 g/mol. The number of esters is 1. The fourth-order valence-electron chi connectivity index (χ4n) is 3.04. The number of carbonyl (C=O) groups excluding carboxylic acids is 3. The van der Waals surface area contributed by atoms with E-state index in [9.17, 15) is 14.4 Å². The third kappa shape index (κ3) is 6.29. The number of methoxy groups -OCH3 is 1. The molecule has 3 rings (SSSR count). The third-order valence-electron chi connectivity index (χ3n) is 4.97. The van der Waals surface area contributed by atoms with E-state index < -0.39 is 17.8 Å². The van der Waals surface area contributed by atoms with E-state index in [1.165, 1.54) is 0 Å². The van der Waals surface area contributed by atoms with Crippen molar-refractivity contribution in [2.75, 3.05) is 12.4 Å². The Morgan fingerprint density at radius 2 is 1.41 bits per heavy atom. The Hall–Kier alpha value is -4.46. The van der Waals surface area contributed by atoms with Crippen LogP contribution in [0.25, 0.3) is 0 Å². The molecule has 174 valence electrons. The lowest BCUT2D eigenvalue weighted by Gasteiger charge is -2.09. The number of hydrogen-bond acceptors (Lipinski definition) is 6. The fraction of sp³-hybridized carbons (Fsp3) is 0.154. The van der Waals surface area contributed by atoms with Crippen molar-refractivity contribution in [2.24, 2.45) is 5.10 Å². The van der Waals surface area contributed by atoms with E-state index >= 15 is 0 Å². The Labute approximate surface area is 197 Å². The van der Waals surface area contributed by atoms with Crippen LogP contribution in [0.1, 0.15) is 34.0 Å². The van der Waals surface area contributed by atoms with E-state index in [0.717, 1.165) is 11.1 Å². The normalized spacial score (nSPS) is 10.9. The van der Waals surface area contributed by atoms with Gasteiger partial charge in [0.2, 0.25) is 0 Å². The largest absolute Gasteiger partial charge is 0.497 e. The smallest absolute Gasteiger partial charge is 0.343 e. The molecule has 8 nitrogen and oxygen atoms in total. The van der Waals surface area contributed by atoms with Crippen LogP contribution in [0.5, 0.6) is 11.5 Å². The number of amides is 2. The number of carbonyl (C=O) groups is 3. The lowest BCUT2D eigenvalue weighted by molar-refractivity contribution is -0.136. The number of benzene rings is 3. The first-order valence-electron chi connectivity index (χ1n) is 10.5. The second-order valence-electron chi connectivity index (χ2n) is 7.55. The van der Waals surface area contributed by atoms with Gasteiger partial charge in [-0.3, -0.25) is 9.59 Å². The van der Waals surface area contributed by atoms with Gasteiger partial charge in [0.15, 0.2) is 0 Å². The molecule has 0 aromatic heterocycles. The molecule has 2 N–H and O–H groups in total. The van der Waals surface area contributed by atoms with Gasteiger partial charge in [-0.2, -0.15) is 5.10 Å². The van der Waals surface area contributed by atoms with E-state index in [-0.39, 0.29) is 0 Å². The number of nitrogens with one attached hydrogen (secondary N) is 2. The Bertz CT molecular complexity index is 1230. The molecule has 0 bridgehead atoms. The molecule has 0 aliphatic heterocycles. The number of aryl methyl sites for hydroxylation is 2. The molecule has 0 saturated heterocycles. The topological polar surface area (TPSA) is 106 Å². The molecule has 0 aliphatic carbocycles. The molecule has 0 aliphatic rings. The molecule has 0 atom stereocenters. The molecule has 3 aromatic carbocycles. The van der Waals surface area contributed by atoms with Gasteiger partial charge in [-0.15, -0.1) is 0 Å². The van der Waals surface area contributed by atoms with Crippen molar-refractivity contribution in [2.45, 2.75) is 20.8 Å². The van der Waals surface area contributed by atoms with Gasteiger partial charge < -0.3 is 14.8 Å². The average Bonchev–Trinajstić information content (AvgIpc) is 2.84. The Morgan fingerprint density at radius 3 is 2.03 bits per heavy atom. The molecule has 8 heteroatoms. The van der Waals surface area contributed by atoms with Crippen molar-refractivity contribution in [3.05, 3.63) is 89.0 Å². The third-order valence-corrected chi connectivity index (χ3v) is 4.97. The zero-order valence-corrected chi connectivity index (χ0v) is 19.3. The van der Waals surface area contributed by atoms with Crippen LogP contribution in [0.4, 0.5) is 5.69 Å². The summed E-state index contributed by atoms with van der Waals surface area (Å²) >= 11 is 0. The SMILES string of the molecule is COc1ccc(C(=O)Oc2ccc(/C(C)=N/NC(=O)C(=O)Nc3ccc(C)cc3C)cc2)cc1. The second kappa shape index (κ2) is 10.9. The van der Waals surface area contributed by atoms with Crippen LogP contribution in [-0.2, 0) is 9.59 Å². The standard InChI is InChI=1S/C26H25N3O5/c1-16-5-14-23(17(2)15-16)27-24(30)25(31)29-28-18(3)19-6-12-22(13-7-19)34-26(32)20-8-10-21(33-4)11-9-20/h5-15H,1-4H3,(H,27,30)(H,29,31)/b28-18+. The summed E-state index contributed by atoms with van der Waals surface area (Å²) in [7, 11) is 1.55. The summed E-state index contributed by atoms with van der Waals surface area (Å²) in [6, 6.07) is 18.7. The molecule has 0 unspecified atom stereocenters. The van der Waals surface area contributed by atoms with E-state index in [1.54, 1.807) is 68.6 Å². The van der Waals surface area contributed by atoms with E-state index in [0.29, 0.717) is 34.0 Å². The summed E-state index contributed by atoms with van der Waals surface area (Å²) < 4.78 is 10.4. The first-order chi connectivity index (χ1) is 16.3. The van der Waals surface area contributed by atoms with Crippen LogP contribution in [0.2, 0.25) is 0 Å². The number of anilines is 1. The number of hydrazone groups is 1. The van der Waals surface area contributed by atoms with Gasteiger partial charge in [-0.05, 0) is 86.5 Å². The molecule has 0 saturated carbocycles. The lowest BCUT2D eigenvalue weighted by Crippen LogP contribution is -2.33. The molecular weight excluding hydrogens is 434 g/mol. The van der Waals surface area contributed by atoms with Crippen LogP contribution in [0.15, 0.2) is 71.8 Å². The summed E-state index contributed by atoms with van der Waals surface area (Å²) in [4.78, 5) is 36.5. The molecule has 0 heterocycles. The van der Waals surface area contributed by atoms with Crippen LogP contribution >= 0.6 is 0 Å². The minimum atomic E-state index is -0.885. The Morgan fingerprint density at radius 1 is 0.794 bits per heavy atom. The highest BCUT2D eigenvalue weighted by molar-refractivity contribution is 6.39. The van der Waals surface area contributed by atoms with Crippen molar-refractivity contribution in [3.63, 3.8) is 0 Å². The maximum Gasteiger partial charge on any atom is 0.343 e. The fourth-order valence-corrected chi connectivity index (χ4v) is 3.04. The summed E-state index contributed by atoms with van der Waals surface area (Å²) in [5.74, 6) is -1.20. The van der Waals surface area contributed by atoms with Crippen molar-refractivity contribution in [1.29, 1.82) is 0 Å². The molecule has 0 spiro atoms. The summed E-state index contributed by atoms with van der Waals surface area (Å²) in [5.41, 5.74) is 6.27. The molecule has 34 heavy (non-hydrogen) atoms. The minimum Gasteiger partial charge on any atom is -0.497 e. The van der Waals surface area contributed by atoms with Gasteiger partial charge in [0.05, 0.1) is 18.4 Å². The van der Waals surface area contributed by atoms with Crippen LogP contribution in [-0.4, -0.2) is 30.6 Å². The second-order valence-corrected chi connectivity index (χ2v) is 7.55. The summed E-state index contributed by atoms with van der Waals surface area (Å²) in [6.45, 7) is 5.47. The lowest BCUT2D eigenvalue weighted by atomic mass is 10.1. The molecule has 2 amide bonds. The maximum atomic E-state index is 12.3. The molecular formula is C26H25N3O5. The van der Waals surface area contributed by atoms with E-state index in [2.05, 4.69) is 15.8 Å². The predicted molar refractivity (Wildman–Crippen MR) is 129 cm³/mol. The number of ether oxygens (including phenoxy) is 2. The van der Waals surface area contributed by atoms with E-state index in [4.69, 9.17) is 9.47 Å². The summed E-state index contributed by atoms with van der Waals surface area (Å²) in [5, 5.41) is 6.56. The van der Waals surface area contributed by atoms with Gasteiger partial charge in [0, 0.05) is 5.69 Å². The van der Waals surface area contributed by atoms with Gasteiger partial charge in [-0.1, -0.05) is 17.7 Å². The zero-order valence-electron chi connectivity index (χ0n) is 19.3. The number of hydrogen-bond donors (Lipinski definition) is 2. The molecule has 0 radical (unpaired) electrons. The zero-order chi connectivity index (χ0) is 24.7. The van der Waals surface area contributed by atoms with Gasteiger partial charge in [0.1, 0.15) is 11.5 Å². The number of nitrogens with zero attached hydrogens (tertiary/aromatic N) is 1. The minimum absolute atomic E-state index is 0.356. The predicted octanol–water partition coefficient (Wildman–Crippen LogP) is 4.01. The highest BCUT2D eigenvalue weighted by Crippen LogP contribution is 2.17. The van der Waals surface area contributed by atoms with Gasteiger partial charge >= 0.3 is 17.8 Å². The first-order valence-corrected chi connectivity index (χ1v) is 10.5. The van der Waals surface area contributed by atoms with Gasteiger partial charge in [0.25, 0.3) is 0 Å². The van der Waals surface area contributed by atoms with Crippen LogP contribution < -0.4 is 20.2 Å². The van der Waals surface area contributed by atoms with Crippen molar-refractivity contribution < 1.29 is 23.9 Å². The van der Waals surface area contributed by atoms with Crippen molar-refractivity contribution in [1.82, 2.24) is 5.43 Å². The van der Waals surface area contributed by atoms with Gasteiger partial charge in [-0.25, -0.2) is 10.2 Å². The molecule has 3 aromatic rings. The monoisotopic (exact) mass is 459 g/mol. The van der Waals surface area contributed by atoms with E-state index in [1.807, 2.05) is 26.0 Å². The Kier molecular flexibility index (Phi) is 7.76. The maximum absolute atomic E-state index is 12.3. The van der Waals surface area contributed by atoms with Crippen LogP contribution in [0, 0.1) is 13.8 Å². The summed E-state index contributed by atoms with van der Waals surface area (Å²) in [6.07, 6.45) is 0. The quantitative estimate of drug-likeness (QED) is 0.190. The first kappa shape index (κ1) is 24.2. The molecule has 0 fully saturated rings. The number of rotatable bonds is 6. The van der Waals surface area contributed by atoms with Crippen molar-refractivity contribution >= 4 is 29.2 Å². The Balaban J connectivity index is 1.57. The highest BCUT2D eigenvalue weighted by Gasteiger charge is 2.14.